The van der Waals surface area contributed by atoms with Crippen LogP contribution in [0.2, 0.25) is 0 Å². The van der Waals surface area contributed by atoms with E-state index < -0.39 is 0 Å². The van der Waals surface area contributed by atoms with Gasteiger partial charge in [0, 0.05) is 32.7 Å². The van der Waals surface area contributed by atoms with Gasteiger partial charge in [-0.3, -0.25) is 9.79 Å². The van der Waals surface area contributed by atoms with Gasteiger partial charge in [-0.15, -0.1) is 0 Å². The molecule has 2 rings (SSSR count). The number of likely N-dealkylation sites (tertiary alicyclic amines) is 2. The van der Waals surface area contributed by atoms with Crippen molar-refractivity contribution in [2.75, 3.05) is 47.4 Å². The Morgan fingerprint density at radius 1 is 1.43 bits per heavy atom. The number of esters is 1. The van der Waals surface area contributed by atoms with Gasteiger partial charge >= 0.3 is 5.97 Å². The molecule has 6 heteroatoms. The highest BCUT2D eigenvalue weighted by Gasteiger charge is 2.37. The number of guanidine groups is 1. The van der Waals surface area contributed by atoms with Gasteiger partial charge in [-0.2, -0.15) is 0 Å². The summed E-state index contributed by atoms with van der Waals surface area (Å²) in [5.41, 5.74) is 0. The fourth-order valence-corrected chi connectivity index (χ4v) is 3.38. The Kier molecular flexibility index (Phi) is 5.45. The summed E-state index contributed by atoms with van der Waals surface area (Å²) < 4.78 is 4.89. The number of hydrogen-bond donors (Lipinski definition) is 1. The third-order valence-electron chi connectivity index (χ3n) is 4.79. The molecule has 0 aromatic heterocycles. The number of likely N-dealkylation sites (N-methyl/N-ethyl adjacent to an activating group) is 1. The molecule has 0 amide bonds. The van der Waals surface area contributed by atoms with Gasteiger partial charge in [0.15, 0.2) is 5.96 Å². The molecule has 0 aromatic carbocycles. The molecule has 2 aliphatic rings. The lowest BCUT2D eigenvalue weighted by atomic mass is 9.99. The van der Waals surface area contributed by atoms with Crippen LogP contribution in [0, 0.1) is 11.8 Å². The van der Waals surface area contributed by atoms with E-state index in [2.05, 4.69) is 34.1 Å². The zero-order valence-corrected chi connectivity index (χ0v) is 13.6. The molecule has 0 saturated carbocycles. The van der Waals surface area contributed by atoms with E-state index in [0.29, 0.717) is 18.5 Å². The number of ether oxygens (including phenoxy) is 1. The lowest BCUT2D eigenvalue weighted by Gasteiger charge is -2.25. The highest BCUT2D eigenvalue weighted by molar-refractivity contribution is 5.82. The summed E-state index contributed by atoms with van der Waals surface area (Å²) in [4.78, 5) is 20.7. The molecule has 0 aromatic rings. The number of rotatable bonds is 3. The fourth-order valence-electron chi connectivity index (χ4n) is 3.38. The van der Waals surface area contributed by atoms with Crippen molar-refractivity contribution in [2.45, 2.75) is 25.8 Å². The quantitative estimate of drug-likeness (QED) is 0.464. The molecule has 3 unspecified atom stereocenters. The lowest BCUT2D eigenvalue weighted by molar-refractivity contribution is -0.145. The zero-order valence-electron chi connectivity index (χ0n) is 13.6. The molecule has 3 atom stereocenters. The predicted molar refractivity (Wildman–Crippen MR) is 83.3 cm³/mol. The zero-order chi connectivity index (χ0) is 15.4. The molecule has 2 saturated heterocycles. The summed E-state index contributed by atoms with van der Waals surface area (Å²) in [6, 6.07) is 0.582. The highest BCUT2D eigenvalue weighted by Crippen LogP contribution is 2.24. The fraction of sp³-hybridized carbons (Fsp3) is 0.867. The number of carbonyl (C=O) groups excluding carboxylic acids is 1. The van der Waals surface area contributed by atoms with Gasteiger partial charge < -0.3 is 19.9 Å². The molecule has 21 heavy (non-hydrogen) atoms. The normalized spacial score (nSPS) is 30.8. The first-order valence-corrected chi connectivity index (χ1v) is 7.80. The van der Waals surface area contributed by atoms with E-state index in [-0.39, 0.29) is 11.9 Å². The Morgan fingerprint density at radius 3 is 2.76 bits per heavy atom. The predicted octanol–water partition coefficient (Wildman–Crippen LogP) is 0.397. The molecule has 0 bridgehead atoms. The van der Waals surface area contributed by atoms with Crippen LogP contribution in [-0.2, 0) is 9.53 Å². The largest absolute Gasteiger partial charge is 0.469 e. The third kappa shape index (κ3) is 3.67. The first-order valence-electron chi connectivity index (χ1n) is 7.80. The molecule has 0 spiro atoms. The highest BCUT2D eigenvalue weighted by atomic mass is 16.5. The number of methoxy groups -OCH3 is 1. The van der Waals surface area contributed by atoms with Gasteiger partial charge in [0.25, 0.3) is 0 Å². The van der Waals surface area contributed by atoms with Crippen molar-refractivity contribution in [3.63, 3.8) is 0 Å². The summed E-state index contributed by atoms with van der Waals surface area (Å²) in [5, 5.41) is 3.46. The van der Waals surface area contributed by atoms with Gasteiger partial charge in [-0.1, -0.05) is 6.92 Å². The van der Waals surface area contributed by atoms with Crippen LogP contribution in [0.4, 0.5) is 0 Å². The Bertz CT molecular complexity index is 399. The molecule has 120 valence electrons. The van der Waals surface area contributed by atoms with E-state index in [1.54, 1.807) is 7.05 Å². The van der Waals surface area contributed by atoms with Crippen LogP contribution < -0.4 is 5.32 Å². The van der Waals surface area contributed by atoms with Gasteiger partial charge in [0.05, 0.1) is 13.0 Å². The van der Waals surface area contributed by atoms with E-state index in [4.69, 9.17) is 4.74 Å². The summed E-state index contributed by atoms with van der Waals surface area (Å²) in [6.45, 7) is 5.72. The number of hydrogen-bond acceptors (Lipinski definition) is 4. The molecule has 2 fully saturated rings. The first kappa shape index (κ1) is 16.1. The average molecular weight is 296 g/mol. The van der Waals surface area contributed by atoms with Crippen molar-refractivity contribution in [1.29, 1.82) is 0 Å². The molecular weight excluding hydrogens is 268 g/mol. The van der Waals surface area contributed by atoms with Crippen LogP contribution in [-0.4, -0.2) is 75.2 Å². The number of aliphatic imine (C=N–C) groups is 1. The van der Waals surface area contributed by atoms with Crippen molar-refractivity contribution in [3.05, 3.63) is 0 Å². The summed E-state index contributed by atoms with van der Waals surface area (Å²) in [7, 11) is 5.44. The molecule has 0 radical (unpaired) electrons. The Labute approximate surface area is 127 Å². The van der Waals surface area contributed by atoms with Crippen molar-refractivity contribution >= 4 is 11.9 Å². The van der Waals surface area contributed by atoms with Crippen LogP contribution >= 0.6 is 0 Å². The molecule has 1 N–H and O–H groups in total. The van der Waals surface area contributed by atoms with Gasteiger partial charge in [-0.25, -0.2) is 0 Å². The SMILES string of the molecule is CN=C(NCC1CCCN1C)N1CC(C)C(C(=O)OC)C1. The second kappa shape index (κ2) is 7.11. The topological polar surface area (TPSA) is 57.2 Å². The Hall–Kier alpha value is -1.30. The van der Waals surface area contributed by atoms with Crippen LogP contribution in [0.25, 0.3) is 0 Å². The number of nitrogens with zero attached hydrogens (tertiary/aromatic N) is 3. The van der Waals surface area contributed by atoms with Crippen LogP contribution in [0.15, 0.2) is 4.99 Å². The van der Waals surface area contributed by atoms with Crippen molar-refractivity contribution in [1.82, 2.24) is 15.1 Å². The van der Waals surface area contributed by atoms with Gasteiger partial charge in [0.2, 0.25) is 0 Å². The number of nitrogens with one attached hydrogen (secondary N) is 1. The molecule has 2 aliphatic heterocycles. The van der Waals surface area contributed by atoms with E-state index in [0.717, 1.165) is 19.0 Å². The third-order valence-corrected chi connectivity index (χ3v) is 4.79. The molecule has 2 heterocycles. The number of carbonyl (C=O) groups is 1. The maximum Gasteiger partial charge on any atom is 0.310 e. The minimum atomic E-state index is -0.115. The smallest absolute Gasteiger partial charge is 0.310 e. The van der Waals surface area contributed by atoms with E-state index >= 15 is 0 Å². The maximum absolute atomic E-state index is 11.8. The minimum Gasteiger partial charge on any atom is -0.469 e. The van der Waals surface area contributed by atoms with Gasteiger partial charge in [-0.05, 0) is 32.4 Å². The molecule has 6 nitrogen and oxygen atoms in total. The first-order chi connectivity index (χ1) is 10.1. The van der Waals surface area contributed by atoms with Gasteiger partial charge in [0.1, 0.15) is 0 Å². The van der Waals surface area contributed by atoms with Crippen molar-refractivity contribution in [2.24, 2.45) is 16.8 Å². The van der Waals surface area contributed by atoms with Crippen LogP contribution in [0.5, 0.6) is 0 Å². The summed E-state index contributed by atoms with van der Waals surface area (Å²) in [5.74, 6) is 1.03. The minimum absolute atomic E-state index is 0.0531. The summed E-state index contributed by atoms with van der Waals surface area (Å²) >= 11 is 0. The standard InChI is InChI=1S/C15H28N4O2/c1-11-9-19(10-13(11)14(20)21-4)15(16-2)17-8-12-6-5-7-18(12)3/h11-13H,5-10H2,1-4H3,(H,16,17). The molecule has 0 aliphatic carbocycles. The van der Waals surface area contributed by atoms with E-state index in [1.807, 2.05) is 0 Å². The summed E-state index contributed by atoms with van der Waals surface area (Å²) in [6.07, 6.45) is 2.51. The lowest BCUT2D eigenvalue weighted by Crippen LogP contribution is -2.45. The molecular formula is C15H28N4O2. The Balaban J connectivity index is 1.88. The average Bonchev–Trinajstić information content (AvgIpc) is 3.05. The van der Waals surface area contributed by atoms with Crippen molar-refractivity contribution < 1.29 is 9.53 Å². The van der Waals surface area contributed by atoms with E-state index in [1.165, 1.54) is 26.5 Å². The van der Waals surface area contributed by atoms with Crippen LogP contribution in [0.3, 0.4) is 0 Å². The second-order valence-corrected chi connectivity index (χ2v) is 6.22. The monoisotopic (exact) mass is 296 g/mol. The second-order valence-electron chi connectivity index (χ2n) is 6.22. The van der Waals surface area contributed by atoms with E-state index in [9.17, 15) is 4.79 Å². The van der Waals surface area contributed by atoms with Crippen LogP contribution in [0.1, 0.15) is 19.8 Å². The Morgan fingerprint density at radius 2 is 2.19 bits per heavy atom. The maximum atomic E-state index is 11.8. The van der Waals surface area contributed by atoms with Crippen molar-refractivity contribution in [3.8, 4) is 0 Å².